The van der Waals surface area contributed by atoms with Crippen LogP contribution < -0.4 is 5.56 Å². The van der Waals surface area contributed by atoms with Crippen molar-refractivity contribution >= 4 is 0 Å². The van der Waals surface area contributed by atoms with Gasteiger partial charge in [0.05, 0.1) is 11.8 Å². The average molecular weight is 174 g/mol. The quantitative estimate of drug-likeness (QED) is 0.671. The van der Waals surface area contributed by atoms with Gasteiger partial charge in [0, 0.05) is 18.0 Å². The van der Waals surface area contributed by atoms with E-state index in [4.69, 9.17) is 0 Å². The lowest BCUT2D eigenvalue weighted by molar-refractivity contribution is 0.843. The number of pyridine rings is 1. The lowest BCUT2D eigenvalue weighted by Gasteiger charge is -1.95. The molecule has 2 heterocycles. The first-order valence-corrected chi connectivity index (χ1v) is 3.69. The monoisotopic (exact) mass is 174 g/mol. The Morgan fingerprint density at radius 2 is 2.23 bits per heavy atom. The fourth-order valence-electron chi connectivity index (χ4n) is 1.01. The third-order valence-corrected chi connectivity index (χ3v) is 1.61. The summed E-state index contributed by atoms with van der Waals surface area (Å²) in [6.07, 6.45) is 4.66. The summed E-state index contributed by atoms with van der Waals surface area (Å²) in [5.74, 6) is 0. The summed E-state index contributed by atoms with van der Waals surface area (Å²) in [5.41, 5.74) is 0.949. The van der Waals surface area contributed by atoms with Crippen molar-refractivity contribution in [1.29, 1.82) is 0 Å². The topological polar surface area (TPSA) is 71.5 Å². The molecule has 0 aliphatic carbocycles. The minimum atomic E-state index is -0.261. The zero-order chi connectivity index (χ0) is 9.10. The molecule has 5 heteroatoms. The van der Waals surface area contributed by atoms with E-state index in [2.05, 4.69) is 20.4 Å². The van der Waals surface area contributed by atoms with Gasteiger partial charge in [-0.15, -0.1) is 5.10 Å². The summed E-state index contributed by atoms with van der Waals surface area (Å²) in [7, 11) is 0. The van der Waals surface area contributed by atoms with E-state index in [0.717, 1.165) is 5.56 Å². The van der Waals surface area contributed by atoms with Crippen molar-refractivity contribution in [3.63, 3.8) is 0 Å². The van der Waals surface area contributed by atoms with Gasteiger partial charge in [0.15, 0.2) is 0 Å². The molecule has 2 aromatic rings. The standard InChI is InChI=1S/C8H6N4O/c13-8-7(5-10-12-11-8)6-2-1-3-9-4-6/h1-5H,(H,10,11,13). The summed E-state index contributed by atoms with van der Waals surface area (Å²) in [6, 6.07) is 3.55. The third kappa shape index (κ3) is 1.44. The summed E-state index contributed by atoms with van der Waals surface area (Å²) in [5, 5.41) is 9.20. The number of aromatic amines is 1. The molecule has 5 nitrogen and oxygen atoms in total. The molecule has 2 aromatic heterocycles. The Morgan fingerprint density at radius 3 is 2.92 bits per heavy atom. The van der Waals surface area contributed by atoms with Crippen LogP contribution in [0.2, 0.25) is 0 Å². The Hall–Kier alpha value is -2.04. The normalized spacial score (nSPS) is 9.85. The van der Waals surface area contributed by atoms with Gasteiger partial charge < -0.3 is 0 Å². The van der Waals surface area contributed by atoms with Crippen molar-refractivity contribution in [3.05, 3.63) is 41.1 Å². The van der Waals surface area contributed by atoms with E-state index in [-0.39, 0.29) is 5.56 Å². The van der Waals surface area contributed by atoms with E-state index in [9.17, 15) is 4.79 Å². The molecule has 0 unspecified atom stereocenters. The number of nitrogens with zero attached hydrogens (tertiary/aromatic N) is 3. The molecule has 0 saturated carbocycles. The van der Waals surface area contributed by atoms with E-state index < -0.39 is 0 Å². The molecule has 0 fully saturated rings. The Labute approximate surface area is 73.5 Å². The second-order valence-corrected chi connectivity index (χ2v) is 2.44. The maximum atomic E-state index is 11.2. The first-order valence-electron chi connectivity index (χ1n) is 3.69. The van der Waals surface area contributed by atoms with Crippen LogP contribution in [0.25, 0.3) is 11.1 Å². The Morgan fingerprint density at radius 1 is 1.31 bits per heavy atom. The summed E-state index contributed by atoms with van der Waals surface area (Å²) in [6.45, 7) is 0. The van der Waals surface area contributed by atoms with Crippen LogP contribution in [-0.4, -0.2) is 20.4 Å². The predicted octanol–water partition coefficient (Wildman–Crippen LogP) is 0.227. The molecule has 0 atom stereocenters. The van der Waals surface area contributed by atoms with Crippen LogP contribution in [0.1, 0.15) is 0 Å². The number of rotatable bonds is 1. The van der Waals surface area contributed by atoms with Crippen molar-refractivity contribution in [3.8, 4) is 11.1 Å². The van der Waals surface area contributed by atoms with Gasteiger partial charge >= 0.3 is 0 Å². The van der Waals surface area contributed by atoms with E-state index >= 15 is 0 Å². The summed E-state index contributed by atoms with van der Waals surface area (Å²) >= 11 is 0. The molecule has 0 aliphatic rings. The summed E-state index contributed by atoms with van der Waals surface area (Å²) in [4.78, 5) is 15.1. The van der Waals surface area contributed by atoms with Crippen LogP contribution in [0.3, 0.4) is 0 Å². The van der Waals surface area contributed by atoms with Gasteiger partial charge in [-0.2, -0.15) is 0 Å². The second kappa shape index (κ2) is 3.14. The van der Waals surface area contributed by atoms with Crippen molar-refractivity contribution in [2.45, 2.75) is 0 Å². The first-order chi connectivity index (χ1) is 6.38. The fraction of sp³-hybridized carbons (Fsp3) is 0. The zero-order valence-electron chi connectivity index (χ0n) is 6.64. The van der Waals surface area contributed by atoms with Crippen molar-refractivity contribution in [2.24, 2.45) is 0 Å². The molecule has 0 amide bonds. The van der Waals surface area contributed by atoms with Crippen molar-refractivity contribution in [2.75, 3.05) is 0 Å². The molecular weight excluding hydrogens is 168 g/mol. The minimum Gasteiger partial charge on any atom is -0.267 e. The van der Waals surface area contributed by atoms with E-state index in [0.29, 0.717) is 5.56 Å². The third-order valence-electron chi connectivity index (χ3n) is 1.61. The average Bonchev–Trinajstić information content (AvgIpc) is 2.20. The molecule has 0 aromatic carbocycles. The molecule has 0 aliphatic heterocycles. The summed E-state index contributed by atoms with van der Waals surface area (Å²) < 4.78 is 0. The number of nitrogens with one attached hydrogen (secondary N) is 1. The molecular formula is C8H6N4O. The van der Waals surface area contributed by atoms with Crippen LogP contribution in [0.5, 0.6) is 0 Å². The van der Waals surface area contributed by atoms with Crippen LogP contribution in [0.15, 0.2) is 35.5 Å². The Kier molecular flexibility index (Phi) is 1.84. The molecule has 13 heavy (non-hydrogen) atoms. The van der Waals surface area contributed by atoms with E-state index in [1.54, 1.807) is 24.5 Å². The number of hydrogen-bond donors (Lipinski definition) is 1. The molecule has 0 saturated heterocycles. The van der Waals surface area contributed by atoms with Gasteiger partial charge in [0.1, 0.15) is 0 Å². The van der Waals surface area contributed by atoms with Gasteiger partial charge in [-0.25, -0.2) is 5.10 Å². The minimum absolute atomic E-state index is 0.261. The predicted molar refractivity (Wildman–Crippen MR) is 45.9 cm³/mol. The van der Waals surface area contributed by atoms with Crippen LogP contribution in [-0.2, 0) is 0 Å². The highest BCUT2D eigenvalue weighted by Crippen LogP contribution is 2.09. The van der Waals surface area contributed by atoms with Gasteiger partial charge in [-0.1, -0.05) is 11.3 Å². The smallest absolute Gasteiger partial charge is 0.267 e. The Balaban J connectivity index is 2.60. The highest BCUT2D eigenvalue weighted by molar-refractivity contribution is 5.59. The zero-order valence-corrected chi connectivity index (χ0v) is 6.64. The highest BCUT2D eigenvalue weighted by atomic mass is 16.1. The van der Waals surface area contributed by atoms with Gasteiger partial charge in [0.2, 0.25) is 0 Å². The van der Waals surface area contributed by atoms with Gasteiger partial charge in [-0.3, -0.25) is 9.78 Å². The number of H-pyrrole nitrogens is 1. The SMILES string of the molecule is O=c1[nH]nncc1-c1cccnc1. The lowest BCUT2D eigenvalue weighted by Crippen LogP contribution is -2.11. The lowest BCUT2D eigenvalue weighted by atomic mass is 10.2. The molecule has 1 N–H and O–H groups in total. The van der Waals surface area contributed by atoms with Crippen LogP contribution in [0, 0.1) is 0 Å². The molecule has 64 valence electrons. The molecule has 0 spiro atoms. The number of aromatic nitrogens is 4. The maximum Gasteiger partial charge on any atom is 0.275 e. The first kappa shape index (κ1) is 7.60. The molecule has 0 bridgehead atoms. The van der Waals surface area contributed by atoms with Crippen molar-refractivity contribution in [1.82, 2.24) is 20.4 Å². The highest BCUT2D eigenvalue weighted by Gasteiger charge is 2.01. The van der Waals surface area contributed by atoms with E-state index in [1.807, 2.05) is 0 Å². The van der Waals surface area contributed by atoms with E-state index in [1.165, 1.54) is 6.20 Å². The maximum absolute atomic E-state index is 11.2. The van der Waals surface area contributed by atoms with Gasteiger partial charge in [-0.05, 0) is 6.07 Å². The van der Waals surface area contributed by atoms with Crippen LogP contribution >= 0.6 is 0 Å². The second-order valence-electron chi connectivity index (χ2n) is 2.44. The van der Waals surface area contributed by atoms with Crippen LogP contribution in [0.4, 0.5) is 0 Å². The van der Waals surface area contributed by atoms with Gasteiger partial charge in [0.25, 0.3) is 5.56 Å². The van der Waals surface area contributed by atoms with Crippen molar-refractivity contribution < 1.29 is 0 Å². The molecule has 0 radical (unpaired) electrons. The largest absolute Gasteiger partial charge is 0.275 e. The molecule has 2 rings (SSSR count). The fourth-order valence-corrected chi connectivity index (χ4v) is 1.01. The number of hydrogen-bond acceptors (Lipinski definition) is 4. The Bertz CT molecular complexity index is 451.